The molecule has 1 aromatic rings. The SMILES string of the molecule is CNC(C)c1cccc(OCC(C)O)c1. The van der Waals surface area contributed by atoms with E-state index in [-0.39, 0.29) is 0 Å². The lowest BCUT2D eigenvalue weighted by Gasteiger charge is -2.13. The van der Waals surface area contributed by atoms with Crippen LogP contribution in [0.15, 0.2) is 24.3 Å². The van der Waals surface area contributed by atoms with Crippen LogP contribution in [0.4, 0.5) is 0 Å². The van der Waals surface area contributed by atoms with E-state index in [9.17, 15) is 0 Å². The average Bonchev–Trinajstić information content (AvgIpc) is 2.25. The number of benzene rings is 1. The molecule has 0 spiro atoms. The molecule has 3 nitrogen and oxygen atoms in total. The van der Waals surface area contributed by atoms with Gasteiger partial charge in [0.15, 0.2) is 0 Å². The van der Waals surface area contributed by atoms with Crippen LogP contribution in [-0.4, -0.2) is 24.9 Å². The highest BCUT2D eigenvalue weighted by atomic mass is 16.5. The molecule has 15 heavy (non-hydrogen) atoms. The highest BCUT2D eigenvalue weighted by Gasteiger charge is 2.04. The smallest absolute Gasteiger partial charge is 0.119 e. The van der Waals surface area contributed by atoms with Crippen LogP contribution in [0.1, 0.15) is 25.5 Å². The number of ether oxygens (including phenoxy) is 1. The molecule has 0 aliphatic heterocycles. The summed E-state index contributed by atoms with van der Waals surface area (Å²) in [5.74, 6) is 0.801. The first-order valence-corrected chi connectivity index (χ1v) is 5.21. The Morgan fingerprint density at radius 2 is 2.13 bits per heavy atom. The van der Waals surface area contributed by atoms with Gasteiger partial charge in [-0.15, -0.1) is 0 Å². The fourth-order valence-electron chi connectivity index (χ4n) is 1.26. The molecule has 0 aromatic heterocycles. The normalized spacial score (nSPS) is 14.7. The van der Waals surface area contributed by atoms with Crippen molar-refractivity contribution in [2.45, 2.75) is 26.0 Å². The van der Waals surface area contributed by atoms with Crippen molar-refractivity contribution in [1.29, 1.82) is 0 Å². The minimum absolute atomic E-state index is 0.306. The predicted octanol–water partition coefficient (Wildman–Crippen LogP) is 1.73. The first-order chi connectivity index (χ1) is 7.13. The van der Waals surface area contributed by atoms with Gasteiger partial charge in [0.2, 0.25) is 0 Å². The molecule has 84 valence electrons. The molecule has 2 N–H and O–H groups in total. The molecule has 3 heteroatoms. The van der Waals surface area contributed by atoms with Crippen LogP contribution in [0, 0.1) is 0 Å². The molecule has 0 heterocycles. The molecule has 2 atom stereocenters. The van der Waals surface area contributed by atoms with Crippen molar-refractivity contribution in [2.24, 2.45) is 0 Å². The summed E-state index contributed by atoms with van der Waals surface area (Å²) in [5.41, 5.74) is 1.18. The number of aliphatic hydroxyl groups is 1. The zero-order chi connectivity index (χ0) is 11.3. The summed E-state index contributed by atoms with van der Waals surface area (Å²) < 4.78 is 5.42. The number of aliphatic hydroxyl groups excluding tert-OH is 1. The zero-order valence-electron chi connectivity index (χ0n) is 9.53. The Morgan fingerprint density at radius 1 is 1.40 bits per heavy atom. The molecular formula is C12H19NO2. The lowest BCUT2D eigenvalue weighted by Crippen LogP contribution is -2.14. The van der Waals surface area contributed by atoms with Gasteiger partial charge in [0.1, 0.15) is 12.4 Å². The van der Waals surface area contributed by atoms with Crippen LogP contribution < -0.4 is 10.1 Å². The summed E-state index contributed by atoms with van der Waals surface area (Å²) in [7, 11) is 1.92. The molecule has 0 fully saturated rings. The molecule has 2 unspecified atom stereocenters. The fraction of sp³-hybridized carbons (Fsp3) is 0.500. The first-order valence-electron chi connectivity index (χ1n) is 5.21. The third-order valence-corrected chi connectivity index (χ3v) is 2.28. The second kappa shape index (κ2) is 5.73. The number of hydrogen-bond acceptors (Lipinski definition) is 3. The zero-order valence-corrected chi connectivity index (χ0v) is 9.53. The Balaban J connectivity index is 2.65. The van der Waals surface area contributed by atoms with Gasteiger partial charge < -0.3 is 15.2 Å². The molecule has 0 saturated heterocycles. The van der Waals surface area contributed by atoms with Gasteiger partial charge >= 0.3 is 0 Å². The van der Waals surface area contributed by atoms with E-state index in [0.717, 1.165) is 5.75 Å². The van der Waals surface area contributed by atoms with Gasteiger partial charge in [0.25, 0.3) is 0 Å². The fourth-order valence-corrected chi connectivity index (χ4v) is 1.26. The summed E-state index contributed by atoms with van der Waals surface area (Å²) in [6.07, 6.45) is -0.435. The maximum atomic E-state index is 9.10. The summed E-state index contributed by atoms with van der Waals surface area (Å²) in [6, 6.07) is 8.20. The molecule has 0 radical (unpaired) electrons. The van der Waals surface area contributed by atoms with E-state index in [1.165, 1.54) is 5.56 Å². The summed E-state index contributed by atoms with van der Waals surface area (Å²) >= 11 is 0. The van der Waals surface area contributed by atoms with Crippen molar-refractivity contribution in [3.05, 3.63) is 29.8 Å². The van der Waals surface area contributed by atoms with E-state index >= 15 is 0 Å². The van der Waals surface area contributed by atoms with Crippen molar-refractivity contribution < 1.29 is 9.84 Å². The maximum absolute atomic E-state index is 9.10. The lowest BCUT2D eigenvalue weighted by molar-refractivity contribution is 0.122. The summed E-state index contributed by atoms with van der Waals surface area (Å²) in [5, 5.41) is 12.3. The molecule has 0 aliphatic rings. The Bertz CT molecular complexity index is 299. The number of hydrogen-bond donors (Lipinski definition) is 2. The summed E-state index contributed by atoms with van der Waals surface area (Å²) in [6.45, 7) is 4.13. The van der Waals surface area contributed by atoms with Crippen molar-refractivity contribution in [2.75, 3.05) is 13.7 Å². The van der Waals surface area contributed by atoms with Crippen molar-refractivity contribution >= 4 is 0 Å². The number of rotatable bonds is 5. The van der Waals surface area contributed by atoms with Gasteiger partial charge in [0.05, 0.1) is 6.10 Å². The summed E-state index contributed by atoms with van der Waals surface area (Å²) in [4.78, 5) is 0. The standard InChI is InChI=1S/C12H19NO2/c1-9(14)8-15-12-6-4-5-11(7-12)10(2)13-3/h4-7,9-10,13-14H,8H2,1-3H3. The van der Waals surface area contributed by atoms with Gasteiger partial charge in [0, 0.05) is 6.04 Å². The second-order valence-electron chi connectivity index (χ2n) is 3.74. The van der Waals surface area contributed by atoms with Crippen LogP contribution in [0.25, 0.3) is 0 Å². The Morgan fingerprint density at radius 3 is 2.73 bits per heavy atom. The molecule has 0 amide bonds. The third kappa shape index (κ3) is 3.90. The molecule has 1 rings (SSSR count). The first kappa shape index (κ1) is 12.0. The van der Waals surface area contributed by atoms with Crippen LogP contribution in [0.2, 0.25) is 0 Å². The molecule has 0 saturated carbocycles. The third-order valence-electron chi connectivity index (χ3n) is 2.28. The van der Waals surface area contributed by atoms with Crippen LogP contribution in [0.5, 0.6) is 5.75 Å². The van der Waals surface area contributed by atoms with E-state index in [4.69, 9.17) is 9.84 Å². The quantitative estimate of drug-likeness (QED) is 0.776. The van der Waals surface area contributed by atoms with Gasteiger partial charge in [-0.05, 0) is 38.6 Å². The van der Waals surface area contributed by atoms with E-state index in [0.29, 0.717) is 12.6 Å². The highest BCUT2D eigenvalue weighted by Crippen LogP contribution is 2.18. The maximum Gasteiger partial charge on any atom is 0.119 e. The Hall–Kier alpha value is -1.06. The van der Waals surface area contributed by atoms with E-state index in [1.54, 1.807) is 6.92 Å². The van der Waals surface area contributed by atoms with Gasteiger partial charge in [-0.25, -0.2) is 0 Å². The number of nitrogens with one attached hydrogen (secondary N) is 1. The predicted molar refractivity (Wildman–Crippen MR) is 61.1 cm³/mol. The monoisotopic (exact) mass is 209 g/mol. The van der Waals surface area contributed by atoms with Crippen molar-refractivity contribution in [3.8, 4) is 5.75 Å². The largest absolute Gasteiger partial charge is 0.491 e. The van der Waals surface area contributed by atoms with E-state index < -0.39 is 6.10 Å². The van der Waals surface area contributed by atoms with Gasteiger partial charge in [-0.3, -0.25) is 0 Å². The minimum Gasteiger partial charge on any atom is -0.491 e. The molecule has 0 aliphatic carbocycles. The Labute approximate surface area is 91.1 Å². The van der Waals surface area contributed by atoms with Crippen LogP contribution in [0.3, 0.4) is 0 Å². The molecular weight excluding hydrogens is 190 g/mol. The van der Waals surface area contributed by atoms with Crippen LogP contribution in [-0.2, 0) is 0 Å². The van der Waals surface area contributed by atoms with Crippen molar-refractivity contribution in [1.82, 2.24) is 5.32 Å². The van der Waals surface area contributed by atoms with E-state index in [1.807, 2.05) is 25.2 Å². The molecule has 1 aromatic carbocycles. The van der Waals surface area contributed by atoms with Crippen molar-refractivity contribution in [3.63, 3.8) is 0 Å². The average molecular weight is 209 g/mol. The lowest BCUT2D eigenvalue weighted by atomic mass is 10.1. The molecule has 0 bridgehead atoms. The second-order valence-corrected chi connectivity index (χ2v) is 3.74. The van der Waals surface area contributed by atoms with Gasteiger partial charge in [-0.2, -0.15) is 0 Å². The van der Waals surface area contributed by atoms with E-state index in [2.05, 4.69) is 18.3 Å². The minimum atomic E-state index is -0.435. The Kier molecular flexibility index (Phi) is 4.59. The van der Waals surface area contributed by atoms with Gasteiger partial charge in [-0.1, -0.05) is 12.1 Å². The van der Waals surface area contributed by atoms with Crippen LogP contribution >= 0.6 is 0 Å². The highest BCUT2D eigenvalue weighted by molar-refractivity contribution is 5.30. The topological polar surface area (TPSA) is 41.5 Å².